The molecular formula is C17H32FN3O2Si. The van der Waals surface area contributed by atoms with E-state index in [-0.39, 0.29) is 17.2 Å². The first-order valence-corrected chi connectivity index (χ1v) is 11.4. The van der Waals surface area contributed by atoms with Crippen LogP contribution in [0, 0.1) is 0 Å². The zero-order valence-electron chi connectivity index (χ0n) is 16.2. The highest BCUT2D eigenvalue weighted by molar-refractivity contribution is 6.74. The van der Waals surface area contributed by atoms with Crippen molar-refractivity contribution in [2.45, 2.75) is 83.6 Å². The molecule has 0 unspecified atom stereocenters. The van der Waals surface area contributed by atoms with Crippen molar-refractivity contribution in [1.82, 2.24) is 9.78 Å². The maximum Gasteiger partial charge on any atom is 0.192 e. The highest BCUT2D eigenvalue weighted by Gasteiger charge is 2.47. The summed E-state index contributed by atoms with van der Waals surface area (Å²) in [6.45, 7) is 16.8. The quantitative estimate of drug-likeness (QED) is 0.830. The third kappa shape index (κ3) is 3.68. The van der Waals surface area contributed by atoms with Crippen molar-refractivity contribution < 1.29 is 13.6 Å². The van der Waals surface area contributed by atoms with Crippen LogP contribution in [0.3, 0.4) is 0 Å². The molecule has 0 amide bonds. The first-order chi connectivity index (χ1) is 10.7. The van der Waals surface area contributed by atoms with Gasteiger partial charge in [0, 0.05) is 6.07 Å². The number of aromatic nitrogens is 2. The minimum absolute atomic E-state index is 0.00363. The Labute approximate surface area is 145 Å². The van der Waals surface area contributed by atoms with Gasteiger partial charge in [-0.15, -0.1) is 0 Å². The molecule has 1 aromatic rings. The Bertz CT molecular complexity index is 590. The number of nitrogens with zero attached hydrogens (tertiary/aromatic N) is 2. The SMILES string of the molecule is CC(C)(C)n1nc([C@@H]2OC[C@H](F)[C@H]2O[Si](C)(C)C(C)(C)C)cc1N. The van der Waals surface area contributed by atoms with Gasteiger partial charge in [-0.3, -0.25) is 0 Å². The van der Waals surface area contributed by atoms with Crippen molar-refractivity contribution in [2.24, 2.45) is 0 Å². The maximum absolute atomic E-state index is 14.5. The van der Waals surface area contributed by atoms with Gasteiger partial charge < -0.3 is 14.9 Å². The second kappa shape index (κ2) is 6.11. The van der Waals surface area contributed by atoms with E-state index in [1.165, 1.54) is 0 Å². The summed E-state index contributed by atoms with van der Waals surface area (Å²) in [5.41, 5.74) is 6.49. The molecule has 7 heteroatoms. The van der Waals surface area contributed by atoms with Gasteiger partial charge in [-0.25, -0.2) is 9.07 Å². The number of anilines is 1. The molecule has 1 aliphatic rings. The first-order valence-electron chi connectivity index (χ1n) is 8.53. The molecule has 3 atom stereocenters. The molecule has 0 saturated carbocycles. The van der Waals surface area contributed by atoms with Crippen molar-refractivity contribution in [2.75, 3.05) is 12.3 Å². The molecule has 138 valence electrons. The molecule has 2 N–H and O–H groups in total. The Balaban J connectivity index is 2.30. The van der Waals surface area contributed by atoms with Crippen LogP contribution in [-0.2, 0) is 14.7 Å². The number of halogens is 1. The Morgan fingerprint density at radius 1 is 1.29 bits per heavy atom. The van der Waals surface area contributed by atoms with E-state index in [0.29, 0.717) is 11.5 Å². The van der Waals surface area contributed by atoms with Gasteiger partial charge in [0.1, 0.15) is 18.0 Å². The minimum atomic E-state index is -2.12. The number of ether oxygens (including phenoxy) is 1. The van der Waals surface area contributed by atoms with Crippen LogP contribution in [0.25, 0.3) is 0 Å². The van der Waals surface area contributed by atoms with E-state index in [9.17, 15) is 4.39 Å². The number of nitrogens with two attached hydrogens (primary N) is 1. The van der Waals surface area contributed by atoms with Gasteiger partial charge in [-0.1, -0.05) is 20.8 Å². The van der Waals surface area contributed by atoms with Crippen molar-refractivity contribution in [3.63, 3.8) is 0 Å². The molecule has 2 heterocycles. The fraction of sp³-hybridized carbons (Fsp3) is 0.824. The lowest BCUT2D eigenvalue weighted by atomic mass is 10.1. The molecule has 0 bridgehead atoms. The van der Waals surface area contributed by atoms with E-state index in [2.05, 4.69) is 39.0 Å². The molecular weight excluding hydrogens is 325 g/mol. The minimum Gasteiger partial charge on any atom is -0.408 e. The second-order valence-corrected chi connectivity index (χ2v) is 13.9. The average molecular weight is 358 g/mol. The normalized spacial score (nSPS) is 26.1. The van der Waals surface area contributed by atoms with Crippen molar-refractivity contribution >= 4 is 14.1 Å². The number of alkyl halides is 1. The smallest absolute Gasteiger partial charge is 0.192 e. The average Bonchev–Trinajstić information content (AvgIpc) is 2.92. The summed E-state index contributed by atoms with van der Waals surface area (Å²) in [5.74, 6) is 0.550. The summed E-state index contributed by atoms with van der Waals surface area (Å²) in [5, 5.41) is 4.58. The lowest BCUT2D eigenvalue weighted by molar-refractivity contribution is 0.0387. The van der Waals surface area contributed by atoms with E-state index >= 15 is 0 Å². The fourth-order valence-electron chi connectivity index (χ4n) is 2.57. The number of hydrogen-bond donors (Lipinski definition) is 1. The van der Waals surface area contributed by atoms with Crippen LogP contribution in [0.1, 0.15) is 53.3 Å². The largest absolute Gasteiger partial charge is 0.408 e. The molecule has 1 aromatic heterocycles. The molecule has 1 aliphatic heterocycles. The summed E-state index contributed by atoms with van der Waals surface area (Å²) in [7, 11) is -2.12. The molecule has 2 rings (SSSR count). The van der Waals surface area contributed by atoms with Crippen LogP contribution >= 0.6 is 0 Å². The van der Waals surface area contributed by atoms with Crippen LogP contribution in [0.4, 0.5) is 10.2 Å². The predicted octanol–water partition coefficient (Wildman–Crippen LogP) is 4.02. The van der Waals surface area contributed by atoms with Crippen LogP contribution in [-0.4, -0.2) is 37.0 Å². The third-order valence-electron chi connectivity index (χ3n) is 5.01. The number of rotatable bonds is 3. The topological polar surface area (TPSA) is 62.3 Å². The van der Waals surface area contributed by atoms with E-state index < -0.39 is 26.7 Å². The number of hydrogen-bond acceptors (Lipinski definition) is 4. The van der Waals surface area contributed by atoms with E-state index in [0.717, 1.165) is 0 Å². The molecule has 24 heavy (non-hydrogen) atoms. The zero-order valence-corrected chi connectivity index (χ0v) is 17.2. The molecule has 1 saturated heterocycles. The van der Waals surface area contributed by atoms with Crippen LogP contribution in [0.15, 0.2) is 6.07 Å². The molecule has 0 aliphatic carbocycles. The van der Waals surface area contributed by atoms with Gasteiger partial charge in [0.2, 0.25) is 0 Å². The highest BCUT2D eigenvalue weighted by atomic mass is 28.4. The van der Waals surface area contributed by atoms with Gasteiger partial charge in [-0.2, -0.15) is 5.10 Å². The zero-order chi connectivity index (χ0) is 18.5. The van der Waals surface area contributed by atoms with Crippen molar-refractivity contribution in [1.29, 1.82) is 0 Å². The first kappa shape index (κ1) is 19.4. The molecule has 1 fully saturated rings. The molecule has 0 radical (unpaired) electrons. The Morgan fingerprint density at radius 3 is 2.33 bits per heavy atom. The summed E-state index contributed by atoms with van der Waals surface area (Å²) in [4.78, 5) is 0. The van der Waals surface area contributed by atoms with E-state index in [1.54, 1.807) is 10.7 Å². The summed E-state index contributed by atoms with van der Waals surface area (Å²) in [6.07, 6.45) is -2.29. The number of nitrogen functional groups attached to an aromatic ring is 1. The fourth-order valence-corrected chi connectivity index (χ4v) is 3.88. The molecule has 0 spiro atoms. The van der Waals surface area contributed by atoms with Crippen molar-refractivity contribution in [3.05, 3.63) is 11.8 Å². The van der Waals surface area contributed by atoms with Gasteiger partial charge >= 0.3 is 0 Å². The Morgan fingerprint density at radius 2 is 1.88 bits per heavy atom. The Hall–Kier alpha value is -0.923. The standard InChI is InChI=1S/C17H32FN3O2Si/c1-16(2,3)21-13(19)9-12(20-21)15-14(11(18)10-22-15)23-24(7,8)17(4,5)6/h9,11,14-15H,10,19H2,1-8H3/t11-,14+,15-/m0/s1. The van der Waals surface area contributed by atoms with Gasteiger partial charge in [0.15, 0.2) is 14.5 Å². The van der Waals surface area contributed by atoms with Crippen LogP contribution in [0.5, 0.6) is 0 Å². The third-order valence-corrected chi connectivity index (χ3v) is 9.48. The summed E-state index contributed by atoms with van der Waals surface area (Å²) < 4.78 is 28.3. The van der Waals surface area contributed by atoms with E-state index in [1.807, 2.05) is 20.8 Å². The summed E-state index contributed by atoms with van der Waals surface area (Å²) in [6, 6.07) is 1.77. The molecule has 0 aromatic carbocycles. The van der Waals surface area contributed by atoms with Gasteiger partial charge in [-0.05, 0) is 38.9 Å². The van der Waals surface area contributed by atoms with Gasteiger partial charge in [0.05, 0.1) is 17.8 Å². The van der Waals surface area contributed by atoms with E-state index in [4.69, 9.17) is 14.9 Å². The monoisotopic (exact) mass is 357 g/mol. The van der Waals surface area contributed by atoms with Crippen LogP contribution < -0.4 is 5.73 Å². The highest BCUT2D eigenvalue weighted by Crippen LogP contribution is 2.42. The lowest BCUT2D eigenvalue weighted by Gasteiger charge is -2.39. The van der Waals surface area contributed by atoms with Crippen LogP contribution in [0.2, 0.25) is 18.1 Å². The second-order valence-electron chi connectivity index (χ2n) is 9.19. The summed E-state index contributed by atoms with van der Waals surface area (Å²) >= 11 is 0. The van der Waals surface area contributed by atoms with Crippen molar-refractivity contribution in [3.8, 4) is 0 Å². The molecule has 5 nitrogen and oxygen atoms in total. The maximum atomic E-state index is 14.5. The van der Waals surface area contributed by atoms with Gasteiger partial charge in [0.25, 0.3) is 0 Å². The Kier molecular flexibility index (Phi) is 4.94. The lowest BCUT2D eigenvalue weighted by Crippen LogP contribution is -2.46. The predicted molar refractivity (Wildman–Crippen MR) is 97.3 cm³/mol.